The Morgan fingerprint density at radius 3 is 2.91 bits per heavy atom. The van der Waals surface area contributed by atoms with Gasteiger partial charge in [0.15, 0.2) is 5.13 Å². The number of allylic oxidation sites excluding steroid dienone is 1. The van der Waals surface area contributed by atoms with E-state index in [-0.39, 0.29) is 0 Å². The fourth-order valence-electron chi connectivity index (χ4n) is 2.94. The number of nitrogens with zero attached hydrogens (tertiary/aromatic N) is 2. The van der Waals surface area contributed by atoms with Crippen molar-refractivity contribution in [3.05, 3.63) is 58.2 Å². The quantitative estimate of drug-likeness (QED) is 0.779. The smallest absolute Gasteiger partial charge is 0.189 e. The van der Waals surface area contributed by atoms with Crippen LogP contribution in [-0.2, 0) is 19.3 Å². The van der Waals surface area contributed by atoms with Gasteiger partial charge in [-0.05, 0) is 51.0 Å². The number of aryl methyl sites for hydroxylation is 4. The molecule has 0 radical (unpaired) electrons. The molecule has 3 rings (SSSR count). The zero-order chi connectivity index (χ0) is 15.5. The van der Waals surface area contributed by atoms with Crippen molar-refractivity contribution >= 4 is 16.5 Å². The van der Waals surface area contributed by atoms with Crippen LogP contribution in [-0.4, -0.2) is 12.0 Å². The van der Waals surface area contributed by atoms with Gasteiger partial charge in [-0.1, -0.05) is 36.4 Å². The molecule has 2 nitrogen and oxygen atoms in total. The van der Waals surface area contributed by atoms with Crippen LogP contribution in [0.1, 0.15) is 41.0 Å². The summed E-state index contributed by atoms with van der Waals surface area (Å²) in [6.07, 6.45) is 6.97. The van der Waals surface area contributed by atoms with Crippen LogP contribution < -0.4 is 4.90 Å². The first kappa shape index (κ1) is 15.3. The molecule has 0 saturated heterocycles. The van der Waals surface area contributed by atoms with Crippen LogP contribution >= 0.6 is 11.3 Å². The number of fused-ring (bicyclic) bond motifs is 1. The first-order valence-electron chi connectivity index (χ1n) is 8.09. The lowest BCUT2D eigenvalue weighted by Gasteiger charge is -2.18. The molecule has 0 atom stereocenters. The number of aromatic nitrogens is 1. The Morgan fingerprint density at radius 1 is 1.32 bits per heavy atom. The SMILES string of the molecule is C=C(CCc1cccc(C)c1)N(C)c1nc2c(s1)CCCC2. The van der Waals surface area contributed by atoms with Crippen LogP contribution in [0, 0.1) is 6.92 Å². The van der Waals surface area contributed by atoms with Crippen molar-refractivity contribution in [1.29, 1.82) is 0 Å². The Morgan fingerprint density at radius 2 is 2.14 bits per heavy atom. The first-order valence-corrected chi connectivity index (χ1v) is 8.91. The molecule has 0 amide bonds. The van der Waals surface area contributed by atoms with Gasteiger partial charge in [-0.2, -0.15) is 0 Å². The minimum atomic E-state index is 0.976. The van der Waals surface area contributed by atoms with E-state index in [4.69, 9.17) is 4.98 Å². The highest BCUT2D eigenvalue weighted by Crippen LogP contribution is 2.32. The van der Waals surface area contributed by atoms with Gasteiger partial charge in [0.25, 0.3) is 0 Å². The van der Waals surface area contributed by atoms with Gasteiger partial charge in [0.05, 0.1) is 5.69 Å². The zero-order valence-electron chi connectivity index (χ0n) is 13.6. The third-order valence-electron chi connectivity index (χ3n) is 4.38. The van der Waals surface area contributed by atoms with Crippen molar-refractivity contribution < 1.29 is 0 Å². The molecule has 3 heteroatoms. The summed E-state index contributed by atoms with van der Waals surface area (Å²) >= 11 is 1.85. The maximum absolute atomic E-state index is 4.82. The van der Waals surface area contributed by atoms with Crippen LogP contribution in [0.3, 0.4) is 0 Å². The Balaban J connectivity index is 1.63. The van der Waals surface area contributed by atoms with Gasteiger partial charge < -0.3 is 4.90 Å². The fraction of sp³-hybridized carbons (Fsp3) is 0.421. The van der Waals surface area contributed by atoms with Crippen molar-refractivity contribution in [2.24, 2.45) is 0 Å². The van der Waals surface area contributed by atoms with Crippen LogP contribution in [0.2, 0.25) is 0 Å². The highest BCUT2D eigenvalue weighted by Gasteiger charge is 2.18. The highest BCUT2D eigenvalue weighted by atomic mass is 32.1. The molecule has 0 aliphatic heterocycles. The van der Waals surface area contributed by atoms with E-state index in [1.165, 1.54) is 41.0 Å². The summed E-state index contributed by atoms with van der Waals surface area (Å²) in [7, 11) is 2.10. The summed E-state index contributed by atoms with van der Waals surface area (Å²) in [5.74, 6) is 0. The number of hydrogen-bond acceptors (Lipinski definition) is 3. The standard InChI is InChI=1S/C19H24N2S/c1-14-7-6-8-16(13-14)12-11-15(2)21(3)19-20-17-9-4-5-10-18(17)22-19/h6-8,13H,2,4-5,9-12H2,1,3H3. The van der Waals surface area contributed by atoms with Gasteiger partial charge >= 0.3 is 0 Å². The maximum atomic E-state index is 4.82. The first-order chi connectivity index (χ1) is 10.6. The van der Waals surface area contributed by atoms with Crippen molar-refractivity contribution in [3.63, 3.8) is 0 Å². The Hall–Kier alpha value is -1.61. The molecule has 1 heterocycles. The van der Waals surface area contributed by atoms with E-state index in [0.717, 1.165) is 30.1 Å². The van der Waals surface area contributed by atoms with Gasteiger partial charge in [-0.15, -0.1) is 11.3 Å². The molecule has 2 aromatic rings. The summed E-state index contributed by atoms with van der Waals surface area (Å²) in [6.45, 7) is 6.41. The summed E-state index contributed by atoms with van der Waals surface area (Å²) in [4.78, 5) is 8.49. The summed E-state index contributed by atoms with van der Waals surface area (Å²) in [6, 6.07) is 8.73. The Labute approximate surface area is 137 Å². The molecule has 0 bridgehead atoms. The molecule has 1 aliphatic carbocycles. The average Bonchev–Trinajstić information content (AvgIpc) is 2.96. The van der Waals surface area contributed by atoms with Gasteiger partial charge in [0.1, 0.15) is 0 Å². The van der Waals surface area contributed by atoms with Gasteiger partial charge in [-0.25, -0.2) is 4.98 Å². The van der Waals surface area contributed by atoms with Crippen LogP contribution in [0.5, 0.6) is 0 Å². The number of hydrogen-bond donors (Lipinski definition) is 0. The third-order valence-corrected chi connectivity index (χ3v) is 5.61. The van der Waals surface area contributed by atoms with Gasteiger partial charge in [-0.3, -0.25) is 0 Å². The number of rotatable bonds is 5. The van der Waals surface area contributed by atoms with Crippen LogP contribution in [0.4, 0.5) is 5.13 Å². The maximum Gasteiger partial charge on any atom is 0.189 e. The van der Waals surface area contributed by atoms with E-state index < -0.39 is 0 Å². The highest BCUT2D eigenvalue weighted by molar-refractivity contribution is 7.15. The molecule has 22 heavy (non-hydrogen) atoms. The molecule has 0 spiro atoms. The zero-order valence-corrected chi connectivity index (χ0v) is 14.4. The summed E-state index contributed by atoms with van der Waals surface area (Å²) < 4.78 is 0. The Bertz CT molecular complexity index is 648. The minimum Gasteiger partial charge on any atom is -0.325 e. The lowest BCUT2D eigenvalue weighted by molar-refractivity contribution is 0.682. The molecule has 116 valence electrons. The van der Waals surface area contributed by atoms with E-state index in [0.29, 0.717) is 0 Å². The predicted molar refractivity (Wildman–Crippen MR) is 95.8 cm³/mol. The van der Waals surface area contributed by atoms with Crippen molar-refractivity contribution in [2.75, 3.05) is 11.9 Å². The second-order valence-electron chi connectivity index (χ2n) is 6.19. The molecule has 1 aliphatic rings. The molecular weight excluding hydrogens is 288 g/mol. The molecule has 0 unspecified atom stereocenters. The van der Waals surface area contributed by atoms with Gasteiger partial charge in [0, 0.05) is 17.6 Å². The number of thiazole rings is 1. The summed E-state index contributed by atoms with van der Waals surface area (Å²) in [5, 5.41) is 1.11. The second-order valence-corrected chi connectivity index (χ2v) is 7.25. The van der Waals surface area contributed by atoms with Crippen molar-refractivity contribution in [3.8, 4) is 0 Å². The molecule has 1 aromatic heterocycles. The largest absolute Gasteiger partial charge is 0.325 e. The van der Waals surface area contributed by atoms with E-state index in [1.54, 1.807) is 0 Å². The number of benzene rings is 1. The number of anilines is 1. The van der Waals surface area contributed by atoms with Crippen LogP contribution in [0.25, 0.3) is 0 Å². The molecule has 0 saturated carbocycles. The lowest BCUT2D eigenvalue weighted by Crippen LogP contribution is -2.16. The monoisotopic (exact) mass is 312 g/mol. The minimum absolute atomic E-state index is 0.976. The van der Waals surface area contributed by atoms with Gasteiger partial charge in [0.2, 0.25) is 0 Å². The van der Waals surface area contributed by atoms with E-state index in [9.17, 15) is 0 Å². The van der Waals surface area contributed by atoms with Crippen molar-refractivity contribution in [2.45, 2.75) is 45.4 Å². The second kappa shape index (κ2) is 6.66. The van der Waals surface area contributed by atoms with E-state index in [1.807, 2.05) is 11.3 Å². The average molecular weight is 312 g/mol. The topological polar surface area (TPSA) is 16.1 Å². The predicted octanol–water partition coefficient (Wildman–Crippen LogP) is 4.91. The van der Waals surface area contributed by atoms with E-state index >= 15 is 0 Å². The van der Waals surface area contributed by atoms with E-state index in [2.05, 4.69) is 49.7 Å². The molecule has 1 aromatic carbocycles. The van der Waals surface area contributed by atoms with Crippen LogP contribution in [0.15, 0.2) is 36.5 Å². The molecule has 0 N–H and O–H groups in total. The third kappa shape index (κ3) is 3.41. The fourth-order valence-corrected chi connectivity index (χ4v) is 4.10. The molecular formula is C19H24N2S. The normalized spacial score (nSPS) is 13.7. The van der Waals surface area contributed by atoms with Crippen molar-refractivity contribution in [1.82, 2.24) is 4.98 Å². The lowest BCUT2D eigenvalue weighted by atomic mass is 10.0. The molecule has 0 fully saturated rings. The Kier molecular flexibility index (Phi) is 4.63. The summed E-state index contributed by atoms with van der Waals surface area (Å²) in [5.41, 5.74) is 5.18.